The molecule has 0 saturated carbocycles. The number of halogens is 1. The Hall–Kier alpha value is -3.67. The van der Waals surface area contributed by atoms with Crippen LogP contribution in [0.15, 0.2) is 79.0 Å². The molecule has 1 N–H and O–H groups in total. The predicted octanol–water partition coefficient (Wildman–Crippen LogP) is 4.24. The van der Waals surface area contributed by atoms with Crippen LogP contribution >= 0.6 is 0 Å². The molecule has 0 fully saturated rings. The van der Waals surface area contributed by atoms with E-state index < -0.39 is 0 Å². The zero-order chi connectivity index (χ0) is 19.3. The summed E-state index contributed by atoms with van der Waals surface area (Å²) < 4.78 is 20.9. The summed E-state index contributed by atoms with van der Waals surface area (Å²) in [7, 11) is 0. The van der Waals surface area contributed by atoms with E-state index >= 15 is 0 Å². The van der Waals surface area contributed by atoms with Crippen LogP contribution in [0.25, 0.3) is 10.8 Å². The topological polar surface area (TPSA) is 56.1 Å². The van der Waals surface area contributed by atoms with E-state index in [-0.39, 0.29) is 24.9 Å². The van der Waals surface area contributed by atoms with E-state index in [1.165, 1.54) is 6.07 Å². The number of aromatic nitrogens is 2. The second kappa shape index (κ2) is 7.92. The highest BCUT2D eigenvalue weighted by atomic mass is 19.1. The maximum Gasteiger partial charge on any atom is 0.263 e. The van der Waals surface area contributed by atoms with Gasteiger partial charge in [0.1, 0.15) is 11.6 Å². The number of ether oxygens (including phenoxy) is 1. The van der Waals surface area contributed by atoms with E-state index in [0.717, 1.165) is 10.8 Å². The van der Waals surface area contributed by atoms with Gasteiger partial charge in [-0.05, 0) is 29.0 Å². The molecule has 28 heavy (non-hydrogen) atoms. The Morgan fingerprint density at radius 2 is 1.79 bits per heavy atom. The van der Waals surface area contributed by atoms with Crippen molar-refractivity contribution >= 4 is 22.5 Å². The molecule has 0 aliphatic rings. The first kappa shape index (κ1) is 17.7. The highest BCUT2D eigenvalue weighted by molar-refractivity contribution is 5.91. The molecule has 6 heteroatoms. The van der Waals surface area contributed by atoms with Gasteiger partial charge >= 0.3 is 0 Å². The zero-order valence-electron chi connectivity index (χ0n) is 15.0. The van der Waals surface area contributed by atoms with Gasteiger partial charge in [-0.3, -0.25) is 9.48 Å². The second-order valence-corrected chi connectivity index (χ2v) is 6.34. The van der Waals surface area contributed by atoms with Crippen molar-refractivity contribution in [2.45, 2.75) is 6.54 Å². The number of fused-ring (bicyclic) bond motifs is 1. The van der Waals surface area contributed by atoms with Gasteiger partial charge in [-0.2, -0.15) is 5.10 Å². The minimum absolute atomic E-state index is 0.126. The molecule has 3 aromatic carbocycles. The Bertz CT molecular complexity index is 1120. The number of anilines is 1. The van der Waals surface area contributed by atoms with E-state index in [0.29, 0.717) is 17.1 Å². The molecule has 4 aromatic rings. The first-order valence-electron chi connectivity index (χ1n) is 8.86. The number of carbonyl (C=O) groups excluding carboxylic acids is 1. The normalized spacial score (nSPS) is 10.8. The highest BCUT2D eigenvalue weighted by Gasteiger charge is 2.08. The minimum atomic E-state index is -0.315. The van der Waals surface area contributed by atoms with Crippen molar-refractivity contribution < 1.29 is 13.9 Å². The van der Waals surface area contributed by atoms with Crippen molar-refractivity contribution in [3.63, 3.8) is 0 Å². The molecule has 1 heterocycles. The third kappa shape index (κ3) is 4.17. The van der Waals surface area contributed by atoms with E-state index in [1.54, 1.807) is 35.1 Å². The van der Waals surface area contributed by atoms with Crippen LogP contribution in [0.1, 0.15) is 5.56 Å². The van der Waals surface area contributed by atoms with Gasteiger partial charge in [-0.15, -0.1) is 0 Å². The first-order chi connectivity index (χ1) is 13.7. The molecule has 0 aliphatic carbocycles. The Morgan fingerprint density at radius 3 is 2.64 bits per heavy atom. The Morgan fingerprint density at radius 1 is 1.00 bits per heavy atom. The van der Waals surface area contributed by atoms with Gasteiger partial charge in [0.25, 0.3) is 5.91 Å². The molecular formula is C22H18FN3O2. The number of nitrogens with zero attached hydrogens (tertiary/aromatic N) is 2. The largest absolute Gasteiger partial charge is 0.484 e. The van der Waals surface area contributed by atoms with E-state index in [1.807, 2.05) is 42.5 Å². The number of nitrogens with one attached hydrogen (secondary N) is 1. The molecule has 1 amide bonds. The summed E-state index contributed by atoms with van der Waals surface area (Å²) in [6, 6.07) is 21.8. The monoisotopic (exact) mass is 375 g/mol. The molecule has 0 spiro atoms. The van der Waals surface area contributed by atoms with Crippen LogP contribution in [0.2, 0.25) is 0 Å². The summed E-state index contributed by atoms with van der Waals surface area (Å²) in [5.41, 5.74) is 0.531. The summed E-state index contributed by atoms with van der Waals surface area (Å²) in [6.45, 7) is 0.161. The lowest BCUT2D eigenvalue weighted by Gasteiger charge is -2.07. The molecular weight excluding hydrogens is 357 g/mol. The molecule has 1 aromatic heterocycles. The van der Waals surface area contributed by atoms with E-state index in [2.05, 4.69) is 10.4 Å². The second-order valence-electron chi connectivity index (χ2n) is 6.34. The highest BCUT2D eigenvalue weighted by Crippen LogP contribution is 2.20. The SMILES string of the molecule is O=C(COc1ccc2ccccc2c1)Nc1ccn(Cc2ccccc2F)n1. The quantitative estimate of drug-likeness (QED) is 0.548. The van der Waals surface area contributed by atoms with Crippen molar-refractivity contribution in [2.75, 3.05) is 11.9 Å². The molecule has 0 radical (unpaired) electrons. The zero-order valence-corrected chi connectivity index (χ0v) is 15.0. The third-order valence-corrected chi connectivity index (χ3v) is 4.29. The van der Waals surface area contributed by atoms with Crippen LogP contribution < -0.4 is 10.1 Å². The number of rotatable bonds is 6. The molecule has 5 nitrogen and oxygen atoms in total. The fourth-order valence-corrected chi connectivity index (χ4v) is 2.90. The van der Waals surface area contributed by atoms with Gasteiger partial charge < -0.3 is 10.1 Å². The summed E-state index contributed by atoms with van der Waals surface area (Å²) in [5.74, 6) is 0.416. The van der Waals surface area contributed by atoms with Crippen LogP contribution in [0.3, 0.4) is 0 Å². The molecule has 0 saturated heterocycles. The summed E-state index contributed by atoms with van der Waals surface area (Å²) in [4.78, 5) is 12.1. The lowest BCUT2D eigenvalue weighted by atomic mass is 10.1. The van der Waals surface area contributed by atoms with Crippen LogP contribution in [0.4, 0.5) is 10.2 Å². The van der Waals surface area contributed by atoms with Gasteiger partial charge in [-0.1, -0.05) is 48.5 Å². The van der Waals surface area contributed by atoms with Crippen LogP contribution in [-0.2, 0) is 11.3 Å². The fourth-order valence-electron chi connectivity index (χ4n) is 2.90. The lowest BCUT2D eigenvalue weighted by molar-refractivity contribution is -0.118. The fraction of sp³-hybridized carbons (Fsp3) is 0.0909. The Labute approximate surface area is 161 Å². The molecule has 0 atom stereocenters. The standard InChI is InChI=1S/C22H18FN3O2/c23-20-8-4-3-7-18(20)14-26-12-11-21(25-26)24-22(27)15-28-19-10-9-16-5-1-2-6-17(16)13-19/h1-13H,14-15H2,(H,24,25,27). The van der Waals surface area contributed by atoms with Crippen LogP contribution in [0.5, 0.6) is 5.75 Å². The maximum absolute atomic E-state index is 13.7. The van der Waals surface area contributed by atoms with Crippen LogP contribution in [-0.4, -0.2) is 22.3 Å². The minimum Gasteiger partial charge on any atom is -0.484 e. The van der Waals surface area contributed by atoms with E-state index in [9.17, 15) is 9.18 Å². The number of amides is 1. The summed E-state index contributed by atoms with van der Waals surface area (Å²) >= 11 is 0. The molecule has 0 bridgehead atoms. The lowest BCUT2D eigenvalue weighted by Crippen LogP contribution is -2.20. The number of hydrogen-bond acceptors (Lipinski definition) is 3. The van der Waals surface area contributed by atoms with Crippen molar-refractivity contribution in [2.24, 2.45) is 0 Å². The van der Waals surface area contributed by atoms with E-state index in [4.69, 9.17) is 4.74 Å². The molecule has 0 unspecified atom stereocenters. The van der Waals surface area contributed by atoms with Crippen molar-refractivity contribution in [3.8, 4) is 5.75 Å². The maximum atomic E-state index is 13.7. The predicted molar refractivity (Wildman–Crippen MR) is 106 cm³/mol. The number of benzene rings is 3. The average Bonchev–Trinajstić information content (AvgIpc) is 3.15. The van der Waals surface area contributed by atoms with Crippen LogP contribution in [0, 0.1) is 5.82 Å². The van der Waals surface area contributed by atoms with Gasteiger partial charge in [0.2, 0.25) is 0 Å². The smallest absolute Gasteiger partial charge is 0.263 e. The molecule has 140 valence electrons. The van der Waals surface area contributed by atoms with Crippen molar-refractivity contribution in [3.05, 3.63) is 90.4 Å². The van der Waals surface area contributed by atoms with Gasteiger partial charge in [0.15, 0.2) is 12.4 Å². The van der Waals surface area contributed by atoms with Gasteiger partial charge in [-0.25, -0.2) is 4.39 Å². The molecule has 4 rings (SSSR count). The third-order valence-electron chi connectivity index (χ3n) is 4.29. The van der Waals surface area contributed by atoms with Crippen molar-refractivity contribution in [1.29, 1.82) is 0 Å². The van der Waals surface area contributed by atoms with Gasteiger partial charge in [0.05, 0.1) is 6.54 Å². The summed E-state index contributed by atoms with van der Waals surface area (Å²) in [5, 5.41) is 9.08. The van der Waals surface area contributed by atoms with Crippen molar-refractivity contribution in [1.82, 2.24) is 9.78 Å². The van der Waals surface area contributed by atoms with Gasteiger partial charge in [0, 0.05) is 17.8 Å². The number of hydrogen-bond donors (Lipinski definition) is 1. The Kier molecular flexibility index (Phi) is 5.01. The Balaban J connectivity index is 1.33. The number of carbonyl (C=O) groups is 1. The first-order valence-corrected chi connectivity index (χ1v) is 8.86. The summed E-state index contributed by atoms with van der Waals surface area (Å²) in [6.07, 6.45) is 1.69. The average molecular weight is 375 g/mol. The molecule has 0 aliphatic heterocycles.